The zero-order valence-corrected chi connectivity index (χ0v) is 15.5. The summed E-state index contributed by atoms with van der Waals surface area (Å²) in [5.41, 5.74) is 0.883. The molecule has 0 bridgehead atoms. The molecule has 2 aromatic carbocycles. The van der Waals surface area contributed by atoms with Crippen molar-refractivity contribution in [3.63, 3.8) is 0 Å². The molecular weight excluding hydrogens is 360 g/mol. The van der Waals surface area contributed by atoms with Gasteiger partial charge in [0.25, 0.3) is 11.8 Å². The van der Waals surface area contributed by atoms with Crippen molar-refractivity contribution in [3.8, 4) is 5.75 Å². The lowest BCUT2D eigenvalue weighted by molar-refractivity contribution is -0.155. The van der Waals surface area contributed by atoms with Crippen LogP contribution in [0.5, 0.6) is 5.75 Å². The lowest BCUT2D eigenvalue weighted by Gasteiger charge is -2.18. The van der Waals surface area contributed by atoms with Crippen LogP contribution in [0.3, 0.4) is 0 Å². The Hall–Kier alpha value is -3.35. The fourth-order valence-corrected chi connectivity index (χ4v) is 2.66. The predicted octanol–water partition coefficient (Wildman–Crippen LogP) is 1.99. The van der Waals surface area contributed by atoms with E-state index >= 15 is 0 Å². The molecule has 28 heavy (non-hydrogen) atoms. The number of hydrogen-bond acceptors (Lipinski definition) is 5. The number of methoxy groups -OCH3 is 1. The number of ether oxygens (including phenoxy) is 2. The fourth-order valence-electron chi connectivity index (χ4n) is 2.66. The predicted molar refractivity (Wildman–Crippen MR) is 102 cm³/mol. The van der Waals surface area contributed by atoms with E-state index in [2.05, 4.69) is 10.6 Å². The summed E-state index contributed by atoms with van der Waals surface area (Å²) >= 11 is 0. The van der Waals surface area contributed by atoms with Gasteiger partial charge in [-0.3, -0.25) is 14.4 Å². The van der Waals surface area contributed by atoms with Crippen LogP contribution in [0.2, 0.25) is 0 Å². The van der Waals surface area contributed by atoms with Gasteiger partial charge >= 0.3 is 5.97 Å². The first-order valence-corrected chi connectivity index (χ1v) is 9.04. The standard InChI is InChI=1S/C21H22N2O5/c1-27-17-10-6-5-9-16(17)20(25)22-13-18(24)28-19(14-7-3-2-4-8-14)21(26)23-15-11-12-15/h2-10,15,19H,11-13H2,1H3,(H,22,25)(H,23,26)/t19-/m1/s1. The van der Waals surface area contributed by atoms with E-state index in [4.69, 9.17) is 9.47 Å². The Bertz CT molecular complexity index is 849. The first-order chi connectivity index (χ1) is 13.6. The number of rotatable bonds is 8. The molecule has 1 aliphatic rings. The number of para-hydroxylation sites is 1. The summed E-state index contributed by atoms with van der Waals surface area (Å²) in [6.45, 7) is -0.364. The lowest BCUT2D eigenvalue weighted by Crippen LogP contribution is -2.36. The van der Waals surface area contributed by atoms with Crippen molar-refractivity contribution >= 4 is 17.8 Å². The molecule has 0 radical (unpaired) electrons. The maximum atomic E-state index is 12.5. The highest BCUT2D eigenvalue weighted by Gasteiger charge is 2.30. The zero-order valence-electron chi connectivity index (χ0n) is 15.5. The molecule has 2 N–H and O–H groups in total. The molecule has 1 fully saturated rings. The third kappa shape index (κ3) is 5.09. The van der Waals surface area contributed by atoms with E-state index in [0.717, 1.165) is 12.8 Å². The van der Waals surface area contributed by atoms with Gasteiger partial charge in [0.15, 0.2) is 0 Å². The Balaban J connectivity index is 1.61. The van der Waals surface area contributed by atoms with Gasteiger partial charge in [0.2, 0.25) is 6.10 Å². The molecular formula is C21H22N2O5. The summed E-state index contributed by atoms with van der Waals surface area (Å²) in [5.74, 6) is -1.13. The highest BCUT2D eigenvalue weighted by Crippen LogP contribution is 2.23. The number of hydrogen-bond donors (Lipinski definition) is 2. The molecule has 0 unspecified atom stereocenters. The number of esters is 1. The van der Waals surface area contributed by atoms with Crippen molar-refractivity contribution in [2.75, 3.05) is 13.7 Å². The van der Waals surface area contributed by atoms with Crippen LogP contribution in [-0.2, 0) is 14.3 Å². The second-order valence-electron chi connectivity index (χ2n) is 6.45. The summed E-state index contributed by atoms with van der Waals surface area (Å²) in [5, 5.41) is 5.34. The van der Waals surface area contributed by atoms with Crippen LogP contribution < -0.4 is 15.4 Å². The maximum Gasteiger partial charge on any atom is 0.326 e. The fraction of sp³-hybridized carbons (Fsp3) is 0.286. The van der Waals surface area contributed by atoms with Crippen molar-refractivity contribution in [3.05, 3.63) is 65.7 Å². The highest BCUT2D eigenvalue weighted by molar-refractivity contribution is 5.98. The van der Waals surface area contributed by atoms with Gasteiger partial charge in [0, 0.05) is 11.6 Å². The van der Waals surface area contributed by atoms with Crippen LogP contribution in [0.4, 0.5) is 0 Å². The van der Waals surface area contributed by atoms with Crippen molar-refractivity contribution in [2.45, 2.75) is 25.0 Å². The molecule has 0 spiro atoms. The number of carbonyl (C=O) groups is 3. The quantitative estimate of drug-likeness (QED) is 0.681. The number of carbonyl (C=O) groups excluding carboxylic acids is 3. The van der Waals surface area contributed by atoms with E-state index < -0.39 is 18.0 Å². The van der Waals surface area contributed by atoms with Gasteiger partial charge in [-0.2, -0.15) is 0 Å². The SMILES string of the molecule is COc1ccccc1C(=O)NCC(=O)O[C@@H](C(=O)NC1CC1)c1ccccc1. The first-order valence-electron chi connectivity index (χ1n) is 9.04. The molecule has 1 aliphatic carbocycles. The summed E-state index contributed by atoms with van der Waals surface area (Å²) in [4.78, 5) is 37.0. The lowest BCUT2D eigenvalue weighted by atomic mass is 10.1. The van der Waals surface area contributed by atoms with Crippen LogP contribution in [0.15, 0.2) is 54.6 Å². The topological polar surface area (TPSA) is 93.7 Å². The normalized spacial score (nSPS) is 13.9. The minimum Gasteiger partial charge on any atom is -0.496 e. The van der Waals surface area contributed by atoms with Crippen LogP contribution in [0, 0.1) is 0 Å². The first kappa shape index (κ1) is 19.4. The highest BCUT2D eigenvalue weighted by atomic mass is 16.5. The molecule has 0 saturated heterocycles. The molecule has 1 saturated carbocycles. The van der Waals surface area contributed by atoms with E-state index in [1.54, 1.807) is 48.5 Å². The van der Waals surface area contributed by atoms with Gasteiger partial charge < -0.3 is 20.1 Å². The summed E-state index contributed by atoms with van der Waals surface area (Å²) in [6, 6.07) is 15.6. The van der Waals surface area contributed by atoms with Crippen molar-refractivity contribution in [1.29, 1.82) is 0 Å². The summed E-state index contributed by atoms with van der Waals surface area (Å²) in [7, 11) is 1.46. The van der Waals surface area contributed by atoms with Crippen LogP contribution in [-0.4, -0.2) is 37.5 Å². The van der Waals surface area contributed by atoms with Gasteiger partial charge in [-0.15, -0.1) is 0 Å². The van der Waals surface area contributed by atoms with Gasteiger partial charge in [0.05, 0.1) is 12.7 Å². The second-order valence-corrected chi connectivity index (χ2v) is 6.45. The molecule has 7 heteroatoms. The molecule has 0 aliphatic heterocycles. The van der Waals surface area contributed by atoms with Crippen molar-refractivity contribution in [2.24, 2.45) is 0 Å². The average molecular weight is 382 g/mol. The van der Waals surface area contributed by atoms with E-state index in [-0.39, 0.29) is 18.5 Å². The van der Waals surface area contributed by atoms with Gasteiger partial charge in [-0.1, -0.05) is 42.5 Å². The molecule has 2 amide bonds. The monoisotopic (exact) mass is 382 g/mol. The van der Waals surface area contributed by atoms with Gasteiger partial charge in [-0.25, -0.2) is 0 Å². The molecule has 146 valence electrons. The summed E-state index contributed by atoms with van der Waals surface area (Å²) in [6.07, 6.45) is 0.796. The number of nitrogens with one attached hydrogen (secondary N) is 2. The van der Waals surface area contributed by atoms with Gasteiger partial charge in [0.1, 0.15) is 12.3 Å². The van der Waals surface area contributed by atoms with Crippen LogP contribution in [0.25, 0.3) is 0 Å². The molecule has 3 rings (SSSR count). The maximum absolute atomic E-state index is 12.5. The third-order valence-corrected chi connectivity index (χ3v) is 4.26. The third-order valence-electron chi connectivity index (χ3n) is 4.26. The molecule has 2 aromatic rings. The average Bonchev–Trinajstić information content (AvgIpc) is 3.54. The minimum atomic E-state index is -1.06. The van der Waals surface area contributed by atoms with Crippen LogP contribution >= 0.6 is 0 Å². The van der Waals surface area contributed by atoms with Crippen molar-refractivity contribution in [1.82, 2.24) is 10.6 Å². The number of benzene rings is 2. The second kappa shape index (κ2) is 9.03. The van der Waals surface area contributed by atoms with Gasteiger partial charge in [-0.05, 0) is 25.0 Å². The molecule has 7 nitrogen and oxygen atoms in total. The van der Waals surface area contributed by atoms with Crippen LogP contribution in [0.1, 0.15) is 34.9 Å². The van der Waals surface area contributed by atoms with E-state index in [1.165, 1.54) is 7.11 Å². The largest absolute Gasteiger partial charge is 0.496 e. The Morgan fingerprint density at radius 2 is 1.71 bits per heavy atom. The Labute approximate surface area is 163 Å². The van der Waals surface area contributed by atoms with Crippen molar-refractivity contribution < 1.29 is 23.9 Å². The Morgan fingerprint density at radius 1 is 1.04 bits per heavy atom. The number of amides is 2. The molecule has 0 heterocycles. The Kier molecular flexibility index (Phi) is 6.26. The van der Waals surface area contributed by atoms with E-state index in [1.807, 2.05) is 6.07 Å². The molecule has 0 aromatic heterocycles. The zero-order chi connectivity index (χ0) is 19.9. The van der Waals surface area contributed by atoms with E-state index in [0.29, 0.717) is 16.9 Å². The molecule has 1 atom stereocenters. The van der Waals surface area contributed by atoms with E-state index in [9.17, 15) is 14.4 Å². The summed E-state index contributed by atoms with van der Waals surface area (Å²) < 4.78 is 10.5. The smallest absolute Gasteiger partial charge is 0.326 e. The Morgan fingerprint density at radius 3 is 2.39 bits per heavy atom. The minimum absolute atomic E-state index is 0.141.